The van der Waals surface area contributed by atoms with Crippen LogP contribution in [0.3, 0.4) is 0 Å². The molecule has 104 valence electrons. The molecule has 0 radical (unpaired) electrons. The quantitative estimate of drug-likeness (QED) is 0.456. The zero-order chi connectivity index (χ0) is 13.8. The fraction of sp³-hybridized carbons (Fsp3) is 0.667. The molecule has 3 aliphatic rings. The highest BCUT2D eigenvalue weighted by molar-refractivity contribution is 6.20. The second-order valence-electron chi connectivity index (χ2n) is 6.06. The molecule has 4 heteroatoms. The van der Waals surface area contributed by atoms with E-state index in [1.165, 1.54) is 5.57 Å². The van der Waals surface area contributed by atoms with Crippen molar-refractivity contribution in [3.05, 3.63) is 24.3 Å². The first-order valence-electron chi connectivity index (χ1n) is 6.84. The molecule has 2 aliphatic carbocycles. The molecule has 3 fully saturated rings. The van der Waals surface area contributed by atoms with E-state index in [4.69, 9.17) is 16.3 Å². The maximum absolute atomic E-state index is 12.0. The first kappa shape index (κ1) is 13.2. The van der Waals surface area contributed by atoms with Crippen molar-refractivity contribution < 1.29 is 14.6 Å². The van der Waals surface area contributed by atoms with Crippen LogP contribution >= 0.6 is 11.6 Å². The Bertz CT molecular complexity index is 458. The van der Waals surface area contributed by atoms with E-state index in [1.54, 1.807) is 0 Å². The number of halogens is 1. The van der Waals surface area contributed by atoms with Crippen molar-refractivity contribution in [2.45, 2.75) is 37.4 Å². The molecule has 19 heavy (non-hydrogen) atoms. The predicted molar refractivity (Wildman–Crippen MR) is 72.8 cm³/mol. The predicted octanol–water partition coefficient (Wildman–Crippen LogP) is 2.43. The van der Waals surface area contributed by atoms with Crippen LogP contribution in [0, 0.1) is 17.8 Å². The van der Waals surface area contributed by atoms with Gasteiger partial charge in [-0.05, 0) is 31.6 Å². The van der Waals surface area contributed by atoms with Gasteiger partial charge in [0, 0.05) is 11.8 Å². The highest BCUT2D eigenvalue weighted by Crippen LogP contribution is 2.53. The van der Waals surface area contributed by atoms with Crippen molar-refractivity contribution in [1.82, 2.24) is 0 Å². The summed E-state index contributed by atoms with van der Waals surface area (Å²) in [5.74, 6) is -0.458. The molecule has 1 saturated heterocycles. The summed E-state index contributed by atoms with van der Waals surface area (Å²) in [6, 6.07) is 0. The van der Waals surface area contributed by atoms with Gasteiger partial charge in [0.25, 0.3) is 0 Å². The normalized spacial score (nSPS) is 45.7. The number of allylic oxidation sites excluding steroid dienone is 1. The summed E-state index contributed by atoms with van der Waals surface area (Å²) in [5, 5.41) is 10.5. The SMILES string of the molecule is C=C1CC[C@H]2C(=C)CC[C@@H]3[C@H](OC(=O)[C@]3(O)CCl)[C@@H]12. The van der Waals surface area contributed by atoms with Crippen molar-refractivity contribution in [1.29, 1.82) is 0 Å². The zero-order valence-corrected chi connectivity index (χ0v) is 11.7. The number of carbonyl (C=O) groups is 1. The molecule has 0 aromatic heterocycles. The van der Waals surface area contributed by atoms with Crippen molar-refractivity contribution in [2.75, 3.05) is 5.88 Å². The van der Waals surface area contributed by atoms with Gasteiger partial charge in [-0.2, -0.15) is 0 Å². The minimum absolute atomic E-state index is 0.108. The van der Waals surface area contributed by atoms with Gasteiger partial charge in [0.1, 0.15) is 6.10 Å². The molecule has 1 aliphatic heterocycles. The van der Waals surface area contributed by atoms with Crippen molar-refractivity contribution in [2.24, 2.45) is 17.8 Å². The lowest BCUT2D eigenvalue weighted by Gasteiger charge is -2.28. The van der Waals surface area contributed by atoms with E-state index in [-0.39, 0.29) is 23.8 Å². The van der Waals surface area contributed by atoms with Crippen molar-refractivity contribution in [3.8, 4) is 0 Å². The molecule has 3 nitrogen and oxygen atoms in total. The fourth-order valence-corrected chi connectivity index (χ4v) is 4.34. The third kappa shape index (κ3) is 1.71. The summed E-state index contributed by atoms with van der Waals surface area (Å²) in [6.07, 6.45) is 3.23. The summed E-state index contributed by atoms with van der Waals surface area (Å²) in [6.45, 7) is 8.30. The number of ether oxygens (including phenoxy) is 1. The van der Waals surface area contributed by atoms with Crippen LogP contribution < -0.4 is 0 Å². The van der Waals surface area contributed by atoms with Crippen LogP contribution in [0.2, 0.25) is 0 Å². The average molecular weight is 283 g/mol. The summed E-state index contributed by atoms with van der Waals surface area (Å²) in [4.78, 5) is 12.0. The third-order valence-corrected chi connectivity index (χ3v) is 5.55. The minimum atomic E-state index is -1.54. The van der Waals surface area contributed by atoms with Crippen LogP contribution in [0.5, 0.6) is 0 Å². The molecular formula is C15H19ClO3. The Morgan fingerprint density at radius 1 is 1.32 bits per heavy atom. The summed E-state index contributed by atoms with van der Waals surface area (Å²) < 4.78 is 5.51. The smallest absolute Gasteiger partial charge is 0.340 e. The molecule has 0 aromatic carbocycles. The Kier molecular flexibility index (Phi) is 3.02. The molecule has 1 heterocycles. The Labute approximate surface area is 118 Å². The molecule has 0 bridgehead atoms. The van der Waals surface area contributed by atoms with Crippen LogP contribution in [0.1, 0.15) is 25.7 Å². The molecular weight excluding hydrogens is 264 g/mol. The lowest BCUT2D eigenvalue weighted by molar-refractivity contribution is -0.154. The molecule has 0 unspecified atom stereocenters. The van der Waals surface area contributed by atoms with Gasteiger partial charge in [0.05, 0.1) is 5.88 Å². The Morgan fingerprint density at radius 3 is 2.68 bits per heavy atom. The van der Waals surface area contributed by atoms with Gasteiger partial charge >= 0.3 is 5.97 Å². The Balaban J connectivity index is 2.01. The van der Waals surface area contributed by atoms with Crippen LogP contribution in [-0.4, -0.2) is 28.7 Å². The number of carbonyl (C=O) groups excluding carboxylic acids is 1. The van der Waals surface area contributed by atoms with Gasteiger partial charge in [-0.25, -0.2) is 4.79 Å². The van der Waals surface area contributed by atoms with Gasteiger partial charge < -0.3 is 9.84 Å². The number of alkyl halides is 1. The lowest BCUT2D eigenvalue weighted by atomic mass is 9.78. The molecule has 0 spiro atoms. The summed E-state index contributed by atoms with van der Waals surface area (Å²) >= 11 is 5.84. The largest absolute Gasteiger partial charge is 0.459 e. The van der Waals surface area contributed by atoms with Gasteiger partial charge in [0.2, 0.25) is 0 Å². The Hall–Kier alpha value is -0.800. The standard InChI is InChI=1S/C15H19ClO3/c1-8-4-6-11-13(12-9(2)3-5-10(8)12)19-14(17)15(11,18)7-16/h10-13,18H,1-7H2/t10-,11+,12-,13-,15-/m0/s1. The second kappa shape index (κ2) is 4.35. The van der Waals surface area contributed by atoms with E-state index in [1.807, 2.05) is 0 Å². The summed E-state index contributed by atoms with van der Waals surface area (Å²) in [7, 11) is 0. The average Bonchev–Trinajstić information content (AvgIpc) is 2.83. The topological polar surface area (TPSA) is 46.5 Å². The number of hydrogen-bond donors (Lipinski definition) is 1. The zero-order valence-electron chi connectivity index (χ0n) is 10.9. The second-order valence-corrected chi connectivity index (χ2v) is 6.33. The Morgan fingerprint density at radius 2 is 2.00 bits per heavy atom. The van der Waals surface area contributed by atoms with Crippen LogP contribution in [0.4, 0.5) is 0 Å². The molecule has 5 atom stereocenters. The monoisotopic (exact) mass is 282 g/mol. The minimum Gasteiger partial charge on any atom is -0.459 e. The first-order valence-corrected chi connectivity index (χ1v) is 7.37. The van der Waals surface area contributed by atoms with Gasteiger partial charge in [-0.3, -0.25) is 0 Å². The maximum Gasteiger partial charge on any atom is 0.340 e. The molecule has 2 saturated carbocycles. The van der Waals surface area contributed by atoms with E-state index in [9.17, 15) is 9.90 Å². The van der Waals surface area contributed by atoms with Crippen LogP contribution in [0.15, 0.2) is 24.3 Å². The molecule has 0 aromatic rings. The highest BCUT2D eigenvalue weighted by Gasteiger charge is 2.60. The number of rotatable bonds is 1. The first-order chi connectivity index (χ1) is 8.99. The number of fused-ring (bicyclic) bond motifs is 3. The number of aliphatic hydroxyl groups is 1. The number of esters is 1. The van der Waals surface area contributed by atoms with Crippen molar-refractivity contribution in [3.63, 3.8) is 0 Å². The van der Waals surface area contributed by atoms with Gasteiger partial charge in [-0.15, -0.1) is 11.6 Å². The highest BCUT2D eigenvalue weighted by atomic mass is 35.5. The van der Waals surface area contributed by atoms with Gasteiger partial charge in [-0.1, -0.05) is 24.3 Å². The van der Waals surface area contributed by atoms with E-state index in [2.05, 4.69) is 13.2 Å². The van der Waals surface area contributed by atoms with E-state index in [0.29, 0.717) is 12.3 Å². The lowest BCUT2D eigenvalue weighted by Crippen LogP contribution is -2.44. The van der Waals surface area contributed by atoms with Crippen LogP contribution in [-0.2, 0) is 9.53 Å². The van der Waals surface area contributed by atoms with Crippen LogP contribution in [0.25, 0.3) is 0 Å². The van der Waals surface area contributed by atoms with E-state index >= 15 is 0 Å². The van der Waals surface area contributed by atoms with Gasteiger partial charge in [0.15, 0.2) is 5.60 Å². The molecule has 3 rings (SSSR count). The van der Waals surface area contributed by atoms with E-state index < -0.39 is 11.6 Å². The van der Waals surface area contributed by atoms with Crippen molar-refractivity contribution >= 4 is 17.6 Å². The summed E-state index contributed by atoms with van der Waals surface area (Å²) in [5.41, 5.74) is 0.783. The molecule has 1 N–H and O–H groups in total. The maximum atomic E-state index is 12.0. The number of hydrogen-bond acceptors (Lipinski definition) is 3. The third-order valence-electron chi connectivity index (χ3n) is 5.15. The fourth-order valence-electron chi connectivity index (χ4n) is 4.03. The van der Waals surface area contributed by atoms with E-state index in [0.717, 1.165) is 24.8 Å². The molecule has 0 amide bonds.